The highest BCUT2D eigenvalue weighted by atomic mass is 16.5. The third kappa shape index (κ3) is 3.85. The van der Waals surface area contributed by atoms with E-state index in [4.69, 9.17) is 9.72 Å². The van der Waals surface area contributed by atoms with E-state index in [2.05, 4.69) is 25.2 Å². The standard InChI is InChI=1S/C23H28N8O2/c1-4-30-18-12-25-23(28-20(18)31-9-7-5-6-8-17(31)22(30)32)27-16-10-19(33-3)21(24-11-16)29-13-15(2)26-14-29/h10-14,17H,4-9H2,1-3H3,(H,25,27,28). The summed E-state index contributed by atoms with van der Waals surface area (Å²) in [7, 11) is 1.61. The minimum absolute atomic E-state index is 0.149. The Hall–Kier alpha value is -3.69. The first-order valence-corrected chi connectivity index (χ1v) is 11.4. The van der Waals surface area contributed by atoms with Gasteiger partial charge in [0.25, 0.3) is 0 Å². The molecule has 3 aromatic heterocycles. The molecule has 2 aliphatic heterocycles. The van der Waals surface area contributed by atoms with Crippen molar-refractivity contribution in [3.05, 3.63) is 36.7 Å². The van der Waals surface area contributed by atoms with E-state index < -0.39 is 0 Å². The number of imidazole rings is 1. The number of carbonyl (C=O) groups excluding carboxylic acids is 1. The third-order valence-corrected chi connectivity index (χ3v) is 6.20. The van der Waals surface area contributed by atoms with Gasteiger partial charge in [-0.15, -0.1) is 0 Å². The molecule has 10 nitrogen and oxygen atoms in total. The Morgan fingerprint density at radius 1 is 1.15 bits per heavy atom. The minimum Gasteiger partial charge on any atom is -0.493 e. The van der Waals surface area contributed by atoms with Crippen molar-refractivity contribution in [1.29, 1.82) is 0 Å². The fraction of sp³-hybridized carbons (Fsp3) is 0.435. The van der Waals surface area contributed by atoms with Crippen molar-refractivity contribution in [1.82, 2.24) is 24.5 Å². The van der Waals surface area contributed by atoms with E-state index >= 15 is 0 Å². The Morgan fingerprint density at radius 2 is 2.03 bits per heavy atom. The van der Waals surface area contributed by atoms with Crippen molar-refractivity contribution in [2.45, 2.75) is 45.6 Å². The molecule has 0 bridgehead atoms. The number of hydrogen-bond donors (Lipinski definition) is 1. The lowest BCUT2D eigenvalue weighted by molar-refractivity contribution is -0.120. The van der Waals surface area contributed by atoms with Gasteiger partial charge in [0.05, 0.1) is 30.9 Å². The number of likely N-dealkylation sites (N-methyl/N-ethyl adjacent to an activating group) is 1. The molecular weight excluding hydrogens is 420 g/mol. The molecule has 5 heterocycles. The monoisotopic (exact) mass is 448 g/mol. The van der Waals surface area contributed by atoms with Crippen LogP contribution in [0.2, 0.25) is 0 Å². The summed E-state index contributed by atoms with van der Waals surface area (Å²) < 4.78 is 7.38. The number of pyridine rings is 1. The predicted molar refractivity (Wildman–Crippen MR) is 126 cm³/mol. The lowest BCUT2D eigenvalue weighted by atomic mass is 10.1. The first-order valence-electron chi connectivity index (χ1n) is 11.4. The number of ether oxygens (including phenoxy) is 1. The highest BCUT2D eigenvalue weighted by molar-refractivity contribution is 6.04. The molecule has 1 unspecified atom stereocenters. The second kappa shape index (κ2) is 8.68. The zero-order chi connectivity index (χ0) is 22.9. The van der Waals surface area contributed by atoms with Crippen LogP contribution in [0.5, 0.6) is 5.75 Å². The number of aromatic nitrogens is 5. The maximum Gasteiger partial charge on any atom is 0.249 e. The lowest BCUT2D eigenvalue weighted by Crippen LogP contribution is -2.53. The fourth-order valence-corrected chi connectivity index (χ4v) is 4.59. The number of rotatable bonds is 5. The number of hydrogen-bond acceptors (Lipinski definition) is 8. The number of anilines is 4. The van der Waals surface area contributed by atoms with Crippen molar-refractivity contribution < 1.29 is 9.53 Å². The average Bonchev–Trinajstić information content (AvgIpc) is 3.10. The molecule has 0 radical (unpaired) electrons. The van der Waals surface area contributed by atoms with E-state index in [9.17, 15) is 4.79 Å². The van der Waals surface area contributed by atoms with Crippen molar-refractivity contribution in [3.63, 3.8) is 0 Å². The zero-order valence-electron chi connectivity index (χ0n) is 19.2. The van der Waals surface area contributed by atoms with Crippen LogP contribution >= 0.6 is 0 Å². The van der Waals surface area contributed by atoms with Gasteiger partial charge in [0.1, 0.15) is 18.1 Å². The molecule has 10 heteroatoms. The number of aryl methyl sites for hydroxylation is 1. The Morgan fingerprint density at radius 3 is 2.79 bits per heavy atom. The van der Waals surface area contributed by atoms with E-state index in [-0.39, 0.29) is 11.9 Å². The molecule has 3 aromatic rings. The second-order valence-corrected chi connectivity index (χ2v) is 8.34. The Labute approximate surface area is 192 Å². The van der Waals surface area contributed by atoms with Gasteiger partial charge in [-0.1, -0.05) is 12.8 Å². The van der Waals surface area contributed by atoms with E-state index in [0.717, 1.165) is 49.4 Å². The normalized spacial score (nSPS) is 17.9. The molecule has 0 aliphatic carbocycles. The van der Waals surface area contributed by atoms with Gasteiger partial charge in [-0.05, 0) is 26.7 Å². The van der Waals surface area contributed by atoms with Gasteiger partial charge in [-0.25, -0.2) is 15.0 Å². The largest absolute Gasteiger partial charge is 0.493 e. The Bertz CT molecular complexity index is 1180. The molecule has 33 heavy (non-hydrogen) atoms. The van der Waals surface area contributed by atoms with Gasteiger partial charge < -0.3 is 19.9 Å². The lowest BCUT2D eigenvalue weighted by Gasteiger charge is -2.40. The quantitative estimate of drug-likeness (QED) is 0.635. The van der Waals surface area contributed by atoms with Crippen LogP contribution < -0.4 is 19.9 Å². The van der Waals surface area contributed by atoms with E-state index in [1.165, 1.54) is 0 Å². The summed E-state index contributed by atoms with van der Waals surface area (Å²) in [4.78, 5) is 35.2. The molecular formula is C23H28N8O2. The maximum atomic E-state index is 13.1. The molecule has 0 saturated carbocycles. The van der Waals surface area contributed by atoms with Gasteiger partial charge in [0, 0.05) is 25.4 Å². The Kier molecular flexibility index (Phi) is 5.57. The topological polar surface area (TPSA) is 101 Å². The first-order chi connectivity index (χ1) is 16.1. The fourth-order valence-electron chi connectivity index (χ4n) is 4.59. The van der Waals surface area contributed by atoms with Crippen LogP contribution in [-0.2, 0) is 4.79 Å². The number of nitrogens with one attached hydrogen (secondary N) is 1. The summed E-state index contributed by atoms with van der Waals surface area (Å²) in [5.41, 5.74) is 2.38. The number of methoxy groups -OCH3 is 1. The summed E-state index contributed by atoms with van der Waals surface area (Å²) in [5.74, 6) is 2.67. The van der Waals surface area contributed by atoms with Crippen molar-refractivity contribution in [2.24, 2.45) is 0 Å². The highest BCUT2D eigenvalue weighted by Gasteiger charge is 2.39. The predicted octanol–water partition coefficient (Wildman–Crippen LogP) is 3.23. The Balaban J connectivity index is 1.47. The van der Waals surface area contributed by atoms with Crippen LogP contribution in [0.4, 0.5) is 23.1 Å². The van der Waals surface area contributed by atoms with Crippen LogP contribution in [0.1, 0.15) is 38.3 Å². The molecule has 2 aliphatic rings. The van der Waals surface area contributed by atoms with Gasteiger partial charge in [-0.2, -0.15) is 4.98 Å². The molecule has 1 fully saturated rings. The molecule has 5 rings (SSSR count). The highest BCUT2D eigenvalue weighted by Crippen LogP contribution is 2.38. The van der Waals surface area contributed by atoms with Gasteiger partial charge in [0.2, 0.25) is 11.9 Å². The summed E-state index contributed by atoms with van der Waals surface area (Å²) >= 11 is 0. The molecule has 1 saturated heterocycles. The number of amides is 1. The molecule has 1 amide bonds. The van der Waals surface area contributed by atoms with Crippen LogP contribution in [0.25, 0.3) is 5.82 Å². The van der Waals surface area contributed by atoms with Gasteiger partial charge in [-0.3, -0.25) is 9.36 Å². The number of carbonyl (C=O) groups is 1. The van der Waals surface area contributed by atoms with Crippen LogP contribution in [0.15, 0.2) is 31.0 Å². The number of nitrogens with zero attached hydrogens (tertiary/aromatic N) is 7. The summed E-state index contributed by atoms with van der Waals surface area (Å²) in [6, 6.07) is 1.71. The van der Waals surface area contributed by atoms with Gasteiger partial charge in [0.15, 0.2) is 17.4 Å². The van der Waals surface area contributed by atoms with Crippen LogP contribution in [0.3, 0.4) is 0 Å². The minimum atomic E-state index is -0.151. The smallest absolute Gasteiger partial charge is 0.249 e. The zero-order valence-corrected chi connectivity index (χ0v) is 19.2. The van der Waals surface area contributed by atoms with E-state index in [1.54, 1.807) is 30.7 Å². The van der Waals surface area contributed by atoms with Crippen molar-refractivity contribution in [3.8, 4) is 11.6 Å². The van der Waals surface area contributed by atoms with E-state index in [0.29, 0.717) is 29.7 Å². The van der Waals surface area contributed by atoms with Crippen LogP contribution in [0, 0.1) is 6.92 Å². The SMILES string of the molecule is CCN1C(=O)C2CCCCCN2c2nc(Nc3cnc(-n4cnc(C)c4)c(OC)c3)ncc21. The third-order valence-electron chi connectivity index (χ3n) is 6.20. The van der Waals surface area contributed by atoms with Crippen molar-refractivity contribution >= 4 is 29.0 Å². The molecule has 172 valence electrons. The van der Waals surface area contributed by atoms with Crippen molar-refractivity contribution in [2.75, 3.05) is 35.3 Å². The second-order valence-electron chi connectivity index (χ2n) is 8.34. The molecule has 1 atom stereocenters. The molecule has 1 N–H and O–H groups in total. The average molecular weight is 449 g/mol. The van der Waals surface area contributed by atoms with E-state index in [1.807, 2.05) is 30.7 Å². The molecule has 0 spiro atoms. The molecule has 0 aromatic carbocycles. The summed E-state index contributed by atoms with van der Waals surface area (Å²) in [6.07, 6.45) is 11.2. The summed E-state index contributed by atoms with van der Waals surface area (Å²) in [5, 5.41) is 3.25. The maximum absolute atomic E-state index is 13.1. The first kappa shape index (κ1) is 21.2. The van der Waals surface area contributed by atoms with Gasteiger partial charge >= 0.3 is 0 Å². The number of fused-ring (bicyclic) bond motifs is 3. The van der Waals surface area contributed by atoms with Crippen LogP contribution in [-0.4, -0.2) is 56.7 Å². The summed E-state index contributed by atoms with van der Waals surface area (Å²) in [6.45, 7) is 5.34.